The maximum atomic E-state index is 12.6. The standard InChI is InChI=1S/C12H12ClF3N4/c1-6(17)11-7(2)20(19-18-11)10-4-3-8(5-9(10)13)12(14,15)16/h3-6H,17H2,1-2H3. The summed E-state index contributed by atoms with van der Waals surface area (Å²) in [5.41, 5.74) is 6.46. The molecule has 2 N–H and O–H groups in total. The molecule has 0 aliphatic carbocycles. The molecule has 1 heterocycles. The predicted octanol–water partition coefficient (Wildman–Crippen LogP) is 3.27. The van der Waals surface area contributed by atoms with Gasteiger partial charge in [0.15, 0.2) is 0 Å². The molecule has 0 saturated carbocycles. The first-order chi connectivity index (χ1) is 9.21. The Morgan fingerprint density at radius 2 is 2.00 bits per heavy atom. The van der Waals surface area contributed by atoms with Crippen molar-refractivity contribution in [1.82, 2.24) is 15.0 Å². The van der Waals surface area contributed by atoms with Gasteiger partial charge in [-0.3, -0.25) is 0 Å². The first-order valence-corrected chi connectivity index (χ1v) is 6.14. The fourth-order valence-electron chi connectivity index (χ4n) is 1.85. The van der Waals surface area contributed by atoms with Crippen LogP contribution in [0.5, 0.6) is 0 Å². The molecule has 0 fully saturated rings. The summed E-state index contributed by atoms with van der Waals surface area (Å²) < 4.78 is 39.1. The Kier molecular flexibility index (Phi) is 3.75. The molecule has 0 bridgehead atoms. The van der Waals surface area contributed by atoms with E-state index in [1.54, 1.807) is 13.8 Å². The molecular formula is C12H12ClF3N4. The molecular weight excluding hydrogens is 293 g/mol. The van der Waals surface area contributed by atoms with Crippen molar-refractivity contribution < 1.29 is 13.2 Å². The van der Waals surface area contributed by atoms with Crippen molar-refractivity contribution in [3.05, 3.63) is 40.2 Å². The molecule has 1 atom stereocenters. The third-order valence-corrected chi connectivity index (χ3v) is 3.17. The molecule has 4 nitrogen and oxygen atoms in total. The van der Waals surface area contributed by atoms with Crippen molar-refractivity contribution in [2.75, 3.05) is 0 Å². The lowest BCUT2D eigenvalue weighted by Gasteiger charge is -2.11. The van der Waals surface area contributed by atoms with Crippen LogP contribution in [0.4, 0.5) is 13.2 Å². The van der Waals surface area contributed by atoms with E-state index >= 15 is 0 Å². The number of nitrogens with zero attached hydrogens (tertiary/aromatic N) is 3. The van der Waals surface area contributed by atoms with E-state index in [9.17, 15) is 13.2 Å². The molecule has 0 spiro atoms. The van der Waals surface area contributed by atoms with Gasteiger partial charge in [0, 0.05) is 6.04 Å². The molecule has 20 heavy (non-hydrogen) atoms. The fraction of sp³-hybridized carbons (Fsp3) is 0.333. The van der Waals surface area contributed by atoms with Crippen LogP contribution in [-0.2, 0) is 6.18 Å². The first-order valence-electron chi connectivity index (χ1n) is 5.76. The minimum absolute atomic E-state index is 0.0518. The van der Waals surface area contributed by atoms with Crippen molar-refractivity contribution in [3.63, 3.8) is 0 Å². The van der Waals surface area contributed by atoms with Crippen LogP contribution in [0.3, 0.4) is 0 Å². The molecule has 0 radical (unpaired) electrons. The average Bonchev–Trinajstić information content (AvgIpc) is 2.70. The lowest BCUT2D eigenvalue weighted by atomic mass is 10.2. The molecule has 1 unspecified atom stereocenters. The molecule has 0 aliphatic heterocycles. The van der Waals surface area contributed by atoms with E-state index in [0.717, 1.165) is 12.1 Å². The van der Waals surface area contributed by atoms with Crippen LogP contribution < -0.4 is 5.73 Å². The minimum atomic E-state index is -4.43. The van der Waals surface area contributed by atoms with Crippen LogP contribution in [0.15, 0.2) is 18.2 Å². The summed E-state index contributed by atoms with van der Waals surface area (Å²) in [6.07, 6.45) is -4.43. The van der Waals surface area contributed by atoms with Gasteiger partial charge in [0.1, 0.15) is 5.69 Å². The zero-order valence-corrected chi connectivity index (χ0v) is 11.5. The smallest absolute Gasteiger partial charge is 0.323 e. The highest BCUT2D eigenvalue weighted by atomic mass is 35.5. The minimum Gasteiger partial charge on any atom is -0.323 e. The van der Waals surface area contributed by atoms with Crippen LogP contribution in [-0.4, -0.2) is 15.0 Å². The maximum Gasteiger partial charge on any atom is 0.416 e. The summed E-state index contributed by atoms with van der Waals surface area (Å²) in [7, 11) is 0. The Hall–Kier alpha value is -1.60. The van der Waals surface area contributed by atoms with Gasteiger partial charge in [-0.25, -0.2) is 4.68 Å². The third-order valence-electron chi connectivity index (χ3n) is 2.86. The van der Waals surface area contributed by atoms with Gasteiger partial charge in [0.05, 0.1) is 22.0 Å². The number of benzene rings is 1. The van der Waals surface area contributed by atoms with Gasteiger partial charge < -0.3 is 5.73 Å². The van der Waals surface area contributed by atoms with Gasteiger partial charge in [0.2, 0.25) is 0 Å². The van der Waals surface area contributed by atoms with Gasteiger partial charge in [-0.05, 0) is 32.0 Å². The number of nitrogens with two attached hydrogens (primary N) is 1. The lowest BCUT2D eigenvalue weighted by molar-refractivity contribution is -0.137. The Balaban J connectivity index is 2.49. The van der Waals surface area contributed by atoms with Gasteiger partial charge in [-0.2, -0.15) is 13.2 Å². The lowest BCUT2D eigenvalue weighted by Crippen LogP contribution is -2.09. The Morgan fingerprint density at radius 3 is 2.45 bits per heavy atom. The Labute approximate surface area is 118 Å². The summed E-state index contributed by atoms with van der Waals surface area (Å²) in [4.78, 5) is 0. The Bertz CT molecular complexity index is 634. The van der Waals surface area contributed by atoms with Crippen molar-refractivity contribution in [2.24, 2.45) is 5.73 Å². The molecule has 1 aromatic heterocycles. The second-order valence-electron chi connectivity index (χ2n) is 4.42. The van der Waals surface area contributed by atoms with Crippen LogP contribution in [0.2, 0.25) is 5.02 Å². The molecule has 0 aliphatic rings. The van der Waals surface area contributed by atoms with Gasteiger partial charge in [-0.15, -0.1) is 5.10 Å². The predicted molar refractivity (Wildman–Crippen MR) is 68.7 cm³/mol. The van der Waals surface area contributed by atoms with Gasteiger partial charge in [-0.1, -0.05) is 16.8 Å². The monoisotopic (exact) mass is 304 g/mol. The highest BCUT2D eigenvalue weighted by molar-refractivity contribution is 6.32. The first kappa shape index (κ1) is 14.8. The van der Waals surface area contributed by atoms with Gasteiger partial charge in [0.25, 0.3) is 0 Å². The highest BCUT2D eigenvalue weighted by Crippen LogP contribution is 2.33. The number of alkyl halides is 3. The molecule has 2 rings (SSSR count). The molecule has 0 amide bonds. The molecule has 8 heteroatoms. The summed E-state index contributed by atoms with van der Waals surface area (Å²) in [6.45, 7) is 3.47. The number of rotatable bonds is 2. The van der Waals surface area contributed by atoms with E-state index in [4.69, 9.17) is 17.3 Å². The SMILES string of the molecule is Cc1c(C(C)N)nnn1-c1ccc(C(F)(F)F)cc1Cl. The van der Waals surface area contributed by atoms with E-state index in [1.165, 1.54) is 10.7 Å². The number of hydrogen-bond acceptors (Lipinski definition) is 3. The topological polar surface area (TPSA) is 56.7 Å². The van der Waals surface area contributed by atoms with Crippen molar-refractivity contribution in [1.29, 1.82) is 0 Å². The second-order valence-corrected chi connectivity index (χ2v) is 4.83. The summed E-state index contributed by atoms with van der Waals surface area (Å²) in [5.74, 6) is 0. The molecule has 0 saturated heterocycles. The summed E-state index contributed by atoms with van der Waals surface area (Å²) >= 11 is 5.91. The van der Waals surface area contributed by atoms with Crippen LogP contribution in [0.25, 0.3) is 5.69 Å². The molecule has 1 aromatic carbocycles. The highest BCUT2D eigenvalue weighted by Gasteiger charge is 2.31. The Morgan fingerprint density at radius 1 is 1.35 bits per heavy atom. The van der Waals surface area contributed by atoms with Crippen LogP contribution in [0.1, 0.15) is 29.9 Å². The van der Waals surface area contributed by atoms with Crippen molar-refractivity contribution in [2.45, 2.75) is 26.1 Å². The molecule has 108 valence electrons. The second kappa shape index (κ2) is 5.06. The average molecular weight is 305 g/mol. The quantitative estimate of drug-likeness (QED) is 0.926. The fourth-order valence-corrected chi connectivity index (χ4v) is 2.11. The number of halogens is 4. The molecule has 2 aromatic rings. The summed E-state index contributed by atoms with van der Waals surface area (Å²) in [6, 6.07) is 2.76. The number of aromatic nitrogens is 3. The zero-order valence-electron chi connectivity index (χ0n) is 10.7. The van der Waals surface area contributed by atoms with Gasteiger partial charge >= 0.3 is 6.18 Å². The number of hydrogen-bond donors (Lipinski definition) is 1. The summed E-state index contributed by atoms with van der Waals surface area (Å²) in [5, 5.41) is 7.74. The van der Waals surface area contributed by atoms with Crippen LogP contribution >= 0.6 is 11.6 Å². The van der Waals surface area contributed by atoms with Crippen molar-refractivity contribution in [3.8, 4) is 5.69 Å². The maximum absolute atomic E-state index is 12.6. The van der Waals surface area contributed by atoms with E-state index in [0.29, 0.717) is 17.1 Å². The van der Waals surface area contributed by atoms with Crippen LogP contribution in [0, 0.1) is 6.92 Å². The van der Waals surface area contributed by atoms with E-state index in [-0.39, 0.29) is 11.1 Å². The largest absolute Gasteiger partial charge is 0.416 e. The normalized spacial score (nSPS) is 13.6. The van der Waals surface area contributed by atoms with E-state index < -0.39 is 11.7 Å². The van der Waals surface area contributed by atoms with Crippen molar-refractivity contribution >= 4 is 11.6 Å². The van der Waals surface area contributed by atoms with E-state index in [2.05, 4.69) is 10.3 Å². The third kappa shape index (κ3) is 2.64. The van der Waals surface area contributed by atoms with E-state index in [1.807, 2.05) is 0 Å². The zero-order chi connectivity index (χ0) is 15.1.